The Labute approximate surface area is 182 Å². The Morgan fingerprint density at radius 2 is 1.94 bits per heavy atom. The van der Waals surface area contributed by atoms with E-state index in [4.69, 9.17) is 9.26 Å². The summed E-state index contributed by atoms with van der Waals surface area (Å²) in [4.78, 5) is 27.0. The maximum absolute atomic E-state index is 13.2. The quantitative estimate of drug-likeness (QED) is 0.473. The summed E-state index contributed by atoms with van der Waals surface area (Å²) in [6.45, 7) is 3.32. The number of hydrogen-bond donors (Lipinski definition) is 0. The summed E-state index contributed by atoms with van der Waals surface area (Å²) in [7, 11) is 1.93. The van der Waals surface area contributed by atoms with Crippen LogP contribution in [-0.4, -0.2) is 38.3 Å². The van der Waals surface area contributed by atoms with Crippen LogP contribution in [0.1, 0.15) is 11.3 Å². The average Bonchev–Trinajstić information content (AvgIpc) is 3.36. The number of hydrogen-bond acceptors (Lipinski definition) is 8. The number of anilines is 1. The fraction of sp³-hybridized carbons (Fsp3) is 0.227. The van der Waals surface area contributed by atoms with Gasteiger partial charge in [0.1, 0.15) is 35.4 Å². The summed E-state index contributed by atoms with van der Waals surface area (Å²) in [5, 5.41) is 4.07. The lowest BCUT2D eigenvalue weighted by molar-refractivity contribution is 0.289. The number of nitrogens with zero attached hydrogens (tertiary/aromatic N) is 6. The van der Waals surface area contributed by atoms with E-state index in [0.717, 1.165) is 23.5 Å². The van der Waals surface area contributed by atoms with E-state index in [0.29, 0.717) is 35.3 Å². The molecule has 10 heteroatoms. The van der Waals surface area contributed by atoms with Gasteiger partial charge in [-0.3, -0.25) is 4.57 Å². The first-order chi connectivity index (χ1) is 15.5. The second kappa shape index (κ2) is 7.88. The molecule has 0 spiro atoms. The molecule has 0 amide bonds. The summed E-state index contributed by atoms with van der Waals surface area (Å²) >= 11 is 0. The first-order valence-corrected chi connectivity index (χ1v) is 9.99. The van der Waals surface area contributed by atoms with Crippen LogP contribution in [0.3, 0.4) is 0 Å². The van der Waals surface area contributed by atoms with E-state index in [1.54, 1.807) is 23.6 Å². The molecule has 0 unspecified atom stereocenters. The molecule has 0 atom stereocenters. The predicted octanol–water partition coefficient (Wildman–Crippen LogP) is 2.83. The van der Waals surface area contributed by atoms with Gasteiger partial charge in [-0.2, -0.15) is 4.98 Å². The van der Waals surface area contributed by atoms with Gasteiger partial charge in [-0.15, -0.1) is 0 Å². The molecule has 1 aromatic carbocycles. The van der Waals surface area contributed by atoms with Gasteiger partial charge in [-0.1, -0.05) is 5.16 Å². The third kappa shape index (κ3) is 3.59. The van der Waals surface area contributed by atoms with Gasteiger partial charge in [-0.25, -0.2) is 19.2 Å². The number of aryl methyl sites for hydroxylation is 1. The number of likely N-dealkylation sites (N-methyl/N-ethyl adjacent to an activating group) is 1. The number of fused-ring (bicyclic) bond motifs is 1. The minimum Gasteiger partial charge on any atom is -0.471 e. The fourth-order valence-corrected chi connectivity index (χ4v) is 3.58. The third-order valence-corrected chi connectivity index (χ3v) is 5.40. The molecule has 0 saturated heterocycles. The summed E-state index contributed by atoms with van der Waals surface area (Å²) in [5.41, 5.74) is 2.68. The van der Waals surface area contributed by atoms with Crippen molar-refractivity contribution in [2.24, 2.45) is 0 Å². The largest absolute Gasteiger partial charge is 0.471 e. The topological polar surface area (TPSA) is 99.2 Å². The average molecular weight is 434 g/mol. The van der Waals surface area contributed by atoms with E-state index in [-0.39, 0.29) is 18.1 Å². The van der Waals surface area contributed by atoms with Crippen molar-refractivity contribution >= 4 is 5.82 Å². The summed E-state index contributed by atoms with van der Waals surface area (Å²) < 4.78 is 25.9. The molecule has 0 aliphatic carbocycles. The maximum atomic E-state index is 13.2. The molecule has 9 nitrogen and oxygen atoms in total. The normalized spacial score (nSPS) is 12.8. The first kappa shape index (κ1) is 19.9. The van der Waals surface area contributed by atoms with Crippen molar-refractivity contribution < 1.29 is 13.7 Å². The van der Waals surface area contributed by atoms with Gasteiger partial charge in [0.15, 0.2) is 0 Å². The zero-order chi connectivity index (χ0) is 22.2. The molecule has 32 heavy (non-hydrogen) atoms. The van der Waals surface area contributed by atoms with Crippen molar-refractivity contribution in [1.82, 2.24) is 24.7 Å². The van der Waals surface area contributed by atoms with E-state index in [9.17, 15) is 9.18 Å². The third-order valence-electron chi connectivity index (χ3n) is 5.40. The standard InChI is InChI=1S/C22H19FN6O3/c1-13-16(21(27-32-13)14-3-5-15(23)6-4-14)12-31-19-11-24-18(10-25-19)17-9-20-28(2)7-8-29(20)22(30)26-17/h3-6,9-11H,7-8,12H2,1-2H3. The van der Waals surface area contributed by atoms with E-state index >= 15 is 0 Å². The van der Waals surface area contributed by atoms with Crippen molar-refractivity contribution in [2.45, 2.75) is 20.1 Å². The van der Waals surface area contributed by atoms with E-state index in [1.807, 2.05) is 18.0 Å². The Kier molecular flexibility index (Phi) is 4.89. The van der Waals surface area contributed by atoms with Crippen molar-refractivity contribution in [3.63, 3.8) is 0 Å². The van der Waals surface area contributed by atoms with E-state index in [2.05, 4.69) is 20.1 Å². The summed E-state index contributed by atoms with van der Waals surface area (Å²) in [5.74, 6) is 1.38. The smallest absolute Gasteiger partial charge is 0.349 e. The van der Waals surface area contributed by atoms with Crippen molar-refractivity contribution in [3.05, 3.63) is 70.4 Å². The molecule has 0 bridgehead atoms. The van der Waals surface area contributed by atoms with Crippen molar-refractivity contribution in [1.29, 1.82) is 0 Å². The number of benzene rings is 1. The van der Waals surface area contributed by atoms with Gasteiger partial charge in [0.05, 0.1) is 23.7 Å². The Morgan fingerprint density at radius 1 is 1.12 bits per heavy atom. The number of halogens is 1. The Morgan fingerprint density at radius 3 is 2.69 bits per heavy atom. The zero-order valence-corrected chi connectivity index (χ0v) is 17.4. The monoisotopic (exact) mass is 434 g/mol. The lowest BCUT2D eigenvalue weighted by Crippen LogP contribution is -2.22. The minimum atomic E-state index is -0.325. The molecule has 0 N–H and O–H groups in total. The lowest BCUT2D eigenvalue weighted by Gasteiger charge is -2.11. The molecular formula is C22H19FN6O3. The van der Waals surface area contributed by atoms with Crippen molar-refractivity contribution in [3.8, 4) is 28.5 Å². The Bertz CT molecular complexity index is 1330. The van der Waals surface area contributed by atoms with Crippen LogP contribution in [0.15, 0.2) is 52.0 Å². The molecule has 4 aromatic rings. The van der Waals surface area contributed by atoms with Crippen LogP contribution in [0.4, 0.5) is 10.2 Å². The van der Waals surface area contributed by atoms with Crippen LogP contribution in [0, 0.1) is 12.7 Å². The van der Waals surface area contributed by atoms with E-state index in [1.165, 1.54) is 24.5 Å². The van der Waals surface area contributed by atoms with Crippen LogP contribution in [0.2, 0.25) is 0 Å². The van der Waals surface area contributed by atoms with Gasteiger partial charge < -0.3 is 14.2 Å². The van der Waals surface area contributed by atoms with E-state index < -0.39 is 0 Å². The predicted molar refractivity (Wildman–Crippen MR) is 114 cm³/mol. The second-order valence-electron chi connectivity index (χ2n) is 7.46. The molecule has 162 valence electrons. The SMILES string of the molecule is Cc1onc(-c2ccc(F)cc2)c1COc1cnc(-c2cc3n(c(=O)n2)CCN3C)cn1. The van der Waals surface area contributed by atoms with Gasteiger partial charge in [0, 0.05) is 31.8 Å². The molecule has 4 heterocycles. The van der Waals surface area contributed by atoms with Crippen LogP contribution in [0.25, 0.3) is 22.6 Å². The van der Waals surface area contributed by atoms with Crippen LogP contribution in [-0.2, 0) is 13.2 Å². The molecule has 5 rings (SSSR count). The van der Waals surface area contributed by atoms with Crippen molar-refractivity contribution in [2.75, 3.05) is 18.5 Å². The molecule has 3 aromatic heterocycles. The van der Waals surface area contributed by atoms with Gasteiger partial charge in [0.25, 0.3) is 0 Å². The molecule has 0 fully saturated rings. The highest BCUT2D eigenvalue weighted by Gasteiger charge is 2.20. The first-order valence-electron chi connectivity index (χ1n) is 9.99. The highest BCUT2D eigenvalue weighted by atomic mass is 19.1. The number of rotatable bonds is 5. The highest BCUT2D eigenvalue weighted by Crippen LogP contribution is 2.27. The van der Waals surface area contributed by atoms with Crippen LogP contribution in [0.5, 0.6) is 5.88 Å². The minimum absolute atomic E-state index is 0.152. The van der Waals surface area contributed by atoms with Crippen LogP contribution < -0.4 is 15.3 Å². The van der Waals surface area contributed by atoms with Gasteiger partial charge in [0.2, 0.25) is 5.88 Å². The molecule has 1 aliphatic heterocycles. The lowest BCUT2D eigenvalue weighted by atomic mass is 10.1. The Hall–Kier alpha value is -4.08. The number of ether oxygens (including phenoxy) is 1. The van der Waals surface area contributed by atoms with Gasteiger partial charge in [-0.05, 0) is 31.2 Å². The molecule has 0 radical (unpaired) electrons. The maximum Gasteiger partial charge on any atom is 0.349 e. The number of aromatic nitrogens is 5. The van der Waals surface area contributed by atoms with Crippen LogP contribution >= 0.6 is 0 Å². The molecule has 0 saturated carbocycles. The molecular weight excluding hydrogens is 415 g/mol. The van der Waals surface area contributed by atoms with Gasteiger partial charge >= 0.3 is 5.69 Å². The summed E-state index contributed by atoms with van der Waals surface area (Å²) in [6.07, 6.45) is 3.00. The highest BCUT2D eigenvalue weighted by molar-refractivity contribution is 5.63. The summed E-state index contributed by atoms with van der Waals surface area (Å²) in [6, 6.07) is 7.83. The molecule has 1 aliphatic rings. The second-order valence-corrected chi connectivity index (χ2v) is 7.46. The fourth-order valence-electron chi connectivity index (χ4n) is 3.58. The Balaban J connectivity index is 1.34. The zero-order valence-electron chi connectivity index (χ0n) is 17.4.